The van der Waals surface area contributed by atoms with Crippen molar-refractivity contribution in [2.45, 2.75) is 0 Å². The lowest BCUT2D eigenvalue weighted by Gasteiger charge is -2.03. The Bertz CT molecular complexity index is 315. The van der Waals surface area contributed by atoms with E-state index < -0.39 is 6.08 Å². The zero-order valence-corrected chi connectivity index (χ0v) is 6.77. The summed E-state index contributed by atoms with van der Waals surface area (Å²) < 4.78 is 12.5. The van der Waals surface area contributed by atoms with Crippen LogP contribution in [0.2, 0.25) is 5.15 Å². The highest BCUT2D eigenvalue weighted by molar-refractivity contribution is 6.32. The normalized spacial score (nSPS) is 9.50. The Hall–Kier alpha value is -1.36. The standard InChI is InChI=1S/C6H6ClFN4/c1-2-10-5-3(9)4(7)11-6(8)12-5/h2H,1,9H2,(H,10,11,12). The molecule has 12 heavy (non-hydrogen) atoms. The molecule has 0 aliphatic rings. The lowest BCUT2D eigenvalue weighted by Crippen LogP contribution is -2.02. The molecule has 1 aromatic rings. The Balaban J connectivity index is 3.17. The fourth-order valence-electron chi connectivity index (χ4n) is 0.623. The summed E-state index contributed by atoms with van der Waals surface area (Å²) in [5.74, 6) is 0.113. The van der Waals surface area contributed by atoms with Crippen molar-refractivity contribution in [2.75, 3.05) is 11.1 Å². The van der Waals surface area contributed by atoms with Crippen molar-refractivity contribution >= 4 is 23.1 Å². The van der Waals surface area contributed by atoms with Gasteiger partial charge in [0.15, 0.2) is 11.0 Å². The molecular formula is C6H6ClFN4. The van der Waals surface area contributed by atoms with Gasteiger partial charge in [-0.25, -0.2) is 0 Å². The van der Waals surface area contributed by atoms with Gasteiger partial charge in [-0.3, -0.25) is 0 Å². The third-order valence-electron chi connectivity index (χ3n) is 1.11. The number of halogens is 2. The molecule has 0 saturated carbocycles. The third-order valence-corrected chi connectivity index (χ3v) is 1.40. The summed E-state index contributed by atoms with van der Waals surface area (Å²) in [4.78, 5) is 6.56. The monoisotopic (exact) mass is 188 g/mol. The highest BCUT2D eigenvalue weighted by Gasteiger charge is 2.07. The summed E-state index contributed by atoms with van der Waals surface area (Å²) in [6.07, 6.45) is 0.382. The first-order valence-corrected chi connectivity index (χ1v) is 3.39. The van der Waals surface area contributed by atoms with E-state index >= 15 is 0 Å². The summed E-state index contributed by atoms with van der Waals surface area (Å²) in [7, 11) is 0. The second-order valence-electron chi connectivity index (χ2n) is 1.89. The Morgan fingerprint density at radius 3 is 2.83 bits per heavy atom. The maximum absolute atomic E-state index is 12.5. The van der Waals surface area contributed by atoms with E-state index in [1.54, 1.807) is 0 Å². The van der Waals surface area contributed by atoms with Gasteiger partial charge in [0.2, 0.25) is 0 Å². The summed E-state index contributed by atoms with van der Waals surface area (Å²) in [6.45, 7) is 3.36. The summed E-state index contributed by atoms with van der Waals surface area (Å²) in [6, 6.07) is 0. The SMILES string of the molecule is C=CNc1nc(F)nc(Cl)c1N. The molecule has 0 aliphatic heterocycles. The van der Waals surface area contributed by atoms with Crippen LogP contribution < -0.4 is 11.1 Å². The van der Waals surface area contributed by atoms with Crippen molar-refractivity contribution in [3.63, 3.8) is 0 Å². The van der Waals surface area contributed by atoms with Gasteiger partial charge in [-0.2, -0.15) is 14.4 Å². The molecule has 1 heterocycles. The number of nitrogens with two attached hydrogens (primary N) is 1. The number of hydrogen-bond donors (Lipinski definition) is 2. The minimum atomic E-state index is -0.932. The lowest BCUT2D eigenvalue weighted by atomic mass is 10.5. The van der Waals surface area contributed by atoms with Crippen molar-refractivity contribution in [1.82, 2.24) is 9.97 Å². The Labute approximate surface area is 73.3 Å². The molecule has 0 unspecified atom stereocenters. The zero-order chi connectivity index (χ0) is 9.14. The molecule has 0 aromatic carbocycles. The molecule has 1 aromatic heterocycles. The van der Waals surface area contributed by atoms with Crippen molar-refractivity contribution in [3.05, 3.63) is 24.0 Å². The van der Waals surface area contributed by atoms with Crippen molar-refractivity contribution in [1.29, 1.82) is 0 Å². The molecule has 0 aliphatic carbocycles. The first-order chi connectivity index (χ1) is 5.65. The first-order valence-electron chi connectivity index (χ1n) is 3.01. The predicted molar refractivity (Wildman–Crippen MR) is 45.2 cm³/mol. The van der Waals surface area contributed by atoms with E-state index in [0.717, 1.165) is 0 Å². The third kappa shape index (κ3) is 1.62. The fraction of sp³-hybridized carbons (Fsp3) is 0. The molecular weight excluding hydrogens is 183 g/mol. The molecule has 0 fully saturated rings. The van der Waals surface area contributed by atoms with Gasteiger partial charge in [0, 0.05) is 0 Å². The maximum Gasteiger partial charge on any atom is 0.312 e. The Morgan fingerprint density at radius 1 is 1.58 bits per heavy atom. The lowest BCUT2D eigenvalue weighted by molar-refractivity contribution is 0.541. The highest BCUT2D eigenvalue weighted by atomic mass is 35.5. The topological polar surface area (TPSA) is 63.8 Å². The smallest absolute Gasteiger partial charge is 0.312 e. The van der Waals surface area contributed by atoms with E-state index in [0.29, 0.717) is 0 Å². The van der Waals surface area contributed by atoms with Crippen LogP contribution in [0, 0.1) is 6.08 Å². The fourth-order valence-corrected chi connectivity index (χ4v) is 0.782. The van der Waals surface area contributed by atoms with Gasteiger partial charge in [0.25, 0.3) is 0 Å². The van der Waals surface area contributed by atoms with Crippen LogP contribution >= 0.6 is 11.6 Å². The molecule has 6 heteroatoms. The van der Waals surface area contributed by atoms with Crippen molar-refractivity contribution in [2.24, 2.45) is 0 Å². The highest BCUT2D eigenvalue weighted by Crippen LogP contribution is 2.22. The zero-order valence-electron chi connectivity index (χ0n) is 6.01. The van der Waals surface area contributed by atoms with Crippen LogP contribution in [0.3, 0.4) is 0 Å². The number of aromatic nitrogens is 2. The average Bonchev–Trinajstić information content (AvgIpc) is 2.00. The van der Waals surface area contributed by atoms with Crippen molar-refractivity contribution < 1.29 is 4.39 Å². The quantitative estimate of drug-likeness (QED) is 0.544. The van der Waals surface area contributed by atoms with Crippen LogP contribution in [0.25, 0.3) is 0 Å². The number of nitrogen functional groups attached to an aromatic ring is 1. The molecule has 0 spiro atoms. The van der Waals surface area contributed by atoms with Gasteiger partial charge >= 0.3 is 6.08 Å². The van der Waals surface area contributed by atoms with Crippen molar-refractivity contribution in [3.8, 4) is 0 Å². The molecule has 0 atom stereocenters. The van der Waals surface area contributed by atoms with Gasteiger partial charge in [0.05, 0.1) is 0 Å². The van der Waals surface area contributed by atoms with E-state index in [1.165, 1.54) is 6.20 Å². The maximum atomic E-state index is 12.5. The van der Waals surface area contributed by atoms with Gasteiger partial charge in [-0.15, -0.1) is 0 Å². The predicted octanol–water partition coefficient (Wildman–Crippen LogP) is 1.41. The van der Waals surface area contributed by atoms with Crippen LogP contribution in [0.5, 0.6) is 0 Å². The molecule has 0 radical (unpaired) electrons. The Kier molecular flexibility index (Phi) is 2.44. The summed E-state index contributed by atoms with van der Waals surface area (Å²) in [5.41, 5.74) is 5.50. The molecule has 3 N–H and O–H groups in total. The van der Waals surface area contributed by atoms with E-state index in [9.17, 15) is 4.39 Å². The molecule has 0 bridgehead atoms. The van der Waals surface area contributed by atoms with E-state index in [1.807, 2.05) is 0 Å². The number of nitrogens with zero attached hydrogens (tertiary/aromatic N) is 2. The summed E-state index contributed by atoms with van der Waals surface area (Å²) >= 11 is 5.46. The molecule has 0 amide bonds. The largest absolute Gasteiger partial charge is 0.393 e. The second kappa shape index (κ2) is 3.36. The van der Waals surface area contributed by atoms with Crippen LogP contribution in [0.15, 0.2) is 12.8 Å². The first kappa shape index (κ1) is 8.73. The average molecular weight is 189 g/mol. The van der Waals surface area contributed by atoms with E-state index in [4.69, 9.17) is 17.3 Å². The number of rotatable bonds is 2. The van der Waals surface area contributed by atoms with Gasteiger partial charge in [-0.05, 0) is 6.20 Å². The van der Waals surface area contributed by atoms with E-state index in [-0.39, 0.29) is 16.7 Å². The number of nitrogens with one attached hydrogen (secondary N) is 1. The Morgan fingerprint density at radius 2 is 2.25 bits per heavy atom. The van der Waals surface area contributed by atoms with Crippen LogP contribution in [0.1, 0.15) is 0 Å². The van der Waals surface area contributed by atoms with E-state index in [2.05, 4.69) is 21.9 Å². The van der Waals surface area contributed by atoms with Gasteiger partial charge < -0.3 is 11.1 Å². The molecule has 4 nitrogen and oxygen atoms in total. The van der Waals surface area contributed by atoms with Crippen LogP contribution in [-0.4, -0.2) is 9.97 Å². The summed E-state index contributed by atoms with van der Waals surface area (Å²) in [5, 5.41) is 2.40. The van der Waals surface area contributed by atoms with Crippen LogP contribution in [0.4, 0.5) is 15.9 Å². The van der Waals surface area contributed by atoms with Gasteiger partial charge in [0.1, 0.15) is 5.69 Å². The molecule has 1 rings (SSSR count). The molecule has 0 saturated heterocycles. The van der Waals surface area contributed by atoms with Gasteiger partial charge in [-0.1, -0.05) is 18.2 Å². The second-order valence-corrected chi connectivity index (χ2v) is 2.25. The molecule has 64 valence electrons. The number of hydrogen-bond acceptors (Lipinski definition) is 4. The minimum Gasteiger partial charge on any atom is -0.393 e. The minimum absolute atomic E-state index is 0.0953. The number of anilines is 2. The van der Waals surface area contributed by atoms with Crippen LogP contribution in [-0.2, 0) is 0 Å².